The molecule has 1 heterocycles. The molecule has 1 unspecified atom stereocenters. The SMILES string of the molecule is CC1(C2CC2)NC(=O)C(c2cc(Cl)c(Cl)cc2Cl)=C1[O-]. The first kappa shape index (κ1) is 14.1. The normalized spacial score (nSPS) is 26.1. The molecule has 1 amide bonds. The number of hydrogen-bond donors (Lipinski definition) is 1. The lowest BCUT2D eigenvalue weighted by molar-refractivity contribution is -0.315. The van der Waals surface area contributed by atoms with E-state index in [-0.39, 0.29) is 32.3 Å². The van der Waals surface area contributed by atoms with E-state index < -0.39 is 11.4 Å². The summed E-state index contributed by atoms with van der Waals surface area (Å²) in [5, 5.41) is 16.2. The van der Waals surface area contributed by atoms with Crippen LogP contribution in [0.1, 0.15) is 25.3 Å². The lowest BCUT2D eigenvalue weighted by Gasteiger charge is -2.32. The first-order valence-electron chi connectivity index (χ1n) is 6.24. The summed E-state index contributed by atoms with van der Waals surface area (Å²) in [5.74, 6) is -0.409. The summed E-state index contributed by atoms with van der Waals surface area (Å²) in [6, 6.07) is 2.92. The number of carbonyl (C=O) groups excluding carboxylic acids is 1. The summed E-state index contributed by atoms with van der Waals surface area (Å²) in [4.78, 5) is 12.2. The first-order chi connectivity index (χ1) is 9.34. The van der Waals surface area contributed by atoms with Crippen LogP contribution in [0.25, 0.3) is 5.57 Å². The molecular formula is C14H11Cl3NO2-. The molecule has 0 spiro atoms. The van der Waals surface area contributed by atoms with Gasteiger partial charge < -0.3 is 10.4 Å². The number of halogens is 3. The number of nitrogens with one attached hydrogen (secondary N) is 1. The van der Waals surface area contributed by atoms with Crippen molar-refractivity contribution in [3.05, 3.63) is 38.5 Å². The predicted octanol–water partition coefficient (Wildman–Crippen LogP) is 3.02. The van der Waals surface area contributed by atoms with Gasteiger partial charge in [0, 0.05) is 11.1 Å². The molecule has 1 fully saturated rings. The van der Waals surface area contributed by atoms with Crippen LogP contribution < -0.4 is 10.4 Å². The van der Waals surface area contributed by atoms with E-state index >= 15 is 0 Å². The highest BCUT2D eigenvalue weighted by Gasteiger charge is 2.47. The highest BCUT2D eigenvalue weighted by atomic mass is 35.5. The van der Waals surface area contributed by atoms with E-state index in [2.05, 4.69) is 5.32 Å². The van der Waals surface area contributed by atoms with Crippen LogP contribution in [-0.2, 0) is 4.79 Å². The van der Waals surface area contributed by atoms with Crippen LogP contribution in [0, 0.1) is 5.92 Å². The molecule has 0 saturated heterocycles. The van der Waals surface area contributed by atoms with Crippen molar-refractivity contribution in [2.24, 2.45) is 5.92 Å². The monoisotopic (exact) mass is 330 g/mol. The second-order valence-electron chi connectivity index (χ2n) is 5.38. The maximum absolute atomic E-state index is 12.6. The van der Waals surface area contributed by atoms with Crippen LogP contribution in [0.5, 0.6) is 0 Å². The molecule has 0 radical (unpaired) electrons. The minimum Gasteiger partial charge on any atom is -0.873 e. The van der Waals surface area contributed by atoms with Gasteiger partial charge in [0.15, 0.2) is 0 Å². The average Bonchev–Trinajstić information content (AvgIpc) is 3.16. The summed E-state index contributed by atoms with van der Waals surface area (Å²) in [7, 11) is 0. The number of amides is 1. The molecule has 1 aliphatic carbocycles. The number of rotatable bonds is 2. The van der Waals surface area contributed by atoms with Crippen LogP contribution in [0.15, 0.2) is 17.9 Å². The molecule has 3 nitrogen and oxygen atoms in total. The van der Waals surface area contributed by atoms with Crippen molar-refractivity contribution in [3.8, 4) is 0 Å². The molecule has 2 aliphatic rings. The van der Waals surface area contributed by atoms with Crippen LogP contribution in [0.3, 0.4) is 0 Å². The fraction of sp³-hybridized carbons (Fsp3) is 0.357. The van der Waals surface area contributed by atoms with E-state index in [9.17, 15) is 9.90 Å². The zero-order valence-corrected chi connectivity index (χ0v) is 12.9. The Kier molecular flexibility index (Phi) is 3.20. The molecule has 1 saturated carbocycles. The quantitative estimate of drug-likeness (QED) is 0.847. The van der Waals surface area contributed by atoms with E-state index in [0.717, 1.165) is 12.8 Å². The van der Waals surface area contributed by atoms with Gasteiger partial charge in [-0.3, -0.25) is 4.79 Å². The Morgan fingerprint density at radius 3 is 2.40 bits per heavy atom. The van der Waals surface area contributed by atoms with E-state index in [4.69, 9.17) is 34.8 Å². The molecule has 6 heteroatoms. The third-order valence-corrected chi connectivity index (χ3v) is 5.01. The van der Waals surface area contributed by atoms with Gasteiger partial charge in [-0.05, 0) is 37.8 Å². The minimum absolute atomic E-state index is 0.0722. The van der Waals surface area contributed by atoms with Gasteiger partial charge in [-0.15, -0.1) is 0 Å². The van der Waals surface area contributed by atoms with Gasteiger partial charge in [0.1, 0.15) is 0 Å². The fourth-order valence-electron chi connectivity index (χ4n) is 2.62. The molecule has 0 bridgehead atoms. The van der Waals surface area contributed by atoms with Gasteiger partial charge >= 0.3 is 0 Å². The summed E-state index contributed by atoms with van der Waals surface area (Å²) in [6.45, 7) is 1.77. The maximum atomic E-state index is 12.6. The van der Waals surface area contributed by atoms with E-state index in [1.807, 2.05) is 0 Å². The molecule has 1 aromatic carbocycles. The molecule has 20 heavy (non-hydrogen) atoms. The third kappa shape index (κ3) is 2.00. The molecule has 3 rings (SSSR count). The average molecular weight is 332 g/mol. The van der Waals surface area contributed by atoms with Gasteiger partial charge in [0.25, 0.3) is 5.91 Å². The lowest BCUT2D eigenvalue weighted by Crippen LogP contribution is -2.46. The van der Waals surface area contributed by atoms with E-state index in [1.54, 1.807) is 6.92 Å². The fourth-order valence-corrected chi connectivity index (χ4v) is 3.27. The van der Waals surface area contributed by atoms with Crippen LogP contribution >= 0.6 is 34.8 Å². The Bertz CT molecular complexity index is 652. The van der Waals surface area contributed by atoms with Crippen LogP contribution in [0.4, 0.5) is 0 Å². The third-order valence-electron chi connectivity index (χ3n) is 3.97. The number of carbonyl (C=O) groups is 1. The predicted molar refractivity (Wildman–Crippen MR) is 77.7 cm³/mol. The topological polar surface area (TPSA) is 52.2 Å². The summed E-state index contributed by atoms with van der Waals surface area (Å²) in [5.41, 5.74) is -0.405. The van der Waals surface area contributed by atoms with Crippen LogP contribution in [-0.4, -0.2) is 11.4 Å². The van der Waals surface area contributed by atoms with Crippen molar-refractivity contribution >= 4 is 46.3 Å². The van der Waals surface area contributed by atoms with Gasteiger partial charge in [-0.2, -0.15) is 0 Å². The van der Waals surface area contributed by atoms with Crippen molar-refractivity contribution in [1.29, 1.82) is 0 Å². The standard InChI is InChI=1S/C14H12Cl3NO2/c1-14(6-2-3-6)12(19)11(13(20)18-14)7-4-9(16)10(17)5-8(7)15/h4-6,19H,2-3H2,1H3,(H,18,20)/p-1. The summed E-state index contributed by atoms with van der Waals surface area (Å²) in [6.07, 6.45) is 1.90. The smallest absolute Gasteiger partial charge is 0.251 e. The Morgan fingerprint density at radius 1 is 1.20 bits per heavy atom. The molecular weight excluding hydrogens is 321 g/mol. The van der Waals surface area contributed by atoms with Crippen molar-refractivity contribution in [3.63, 3.8) is 0 Å². The van der Waals surface area contributed by atoms with Gasteiger partial charge in [0.2, 0.25) is 0 Å². The van der Waals surface area contributed by atoms with Gasteiger partial charge in [-0.1, -0.05) is 40.6 Å². The highest BCUT2D eigenvalue weighted by molar-refractivity contribution is 6.44. The molecule has 106 valence electrons. The van der Waals surface area contributed by atoms with Crippen molar-refractivity contribution < 1.29 is 9.90 Å². The van der Waals surface area contributed by atoms with E-state index in [1.165, 1.54) is 12.1 Å². The number of benzene rings is 1. The highest BCUT2D eigenvalue weighted by Crippen LogP contribution is 2.47. The summed E-state index contributed by atoms with van der Waals surface area (Å²) < 4.78 is 0. The Labute approximate surface area is 131 Å². The first-order valence-corrected chi connectivity index (χ1v) is 7.37. The van der Waals surface area contributed by atoms with Crippen LogP contribution in [0.2, 0.25) is 15.1 Å². The van der Waals surface area contributed by atoms with Gasteiger partial charge in [0.05, 0.1) is 20.6 Å². The zero-order chi connectivity index (χ0) is 14.7. The maximum Gasteiger partial charge on any atom is 0.251 e. The Balaban J connectivity index is 2.16. The van der Waals surface area contributed by atoms with E-state index in [0.29, 0.717) is 5.56 Å². The van der Waals surface area contributed by atoms with Crippen molar-refractivity contribution in [2.75, 3.05) is 0 Å². The second kappa shape index (κ2) is 4.55. The largest absolute Gasteiger partial charge is 0.873 e. The Morgan fingerprint density at radius 2 is 1.80 bits per heavy atom. The molecule has 1 aromatic rings. The van der Waals surface area contributed by atoms with Crippen molar-refractivity contribution in [1.82, 2.24) is 5.32 Å². The summed E-state index contributed by atoms with van der Waals surface area (Å²) >= 11 is 17.9. The molecule has 1 aliphatic heterocycles. The Hall–Kier alpha value is -0.900. The van der Waals surface area contributed by atoms with Crippen molar-refractivity contribution in [2.45, 2.75) is 25.3 Å². The molecule has 1 N–H and O–H groups in total. The molecule has 0 aromatic heterocycles. The zero-order valence-electron chi connectivity index (χ0n) is 10.6. The molecule has 1 atom stereocenters. The van der Waals surface area contributed by atoms with Gasteiger partial charge in [-0.25, -0.2) is 0 Å². The second-order valence-corrected chi connectivity index (χ2v) is 6.60. The lowest BCUT2D eigenvalue weighted by atomic mass is 9.93. The number of hydrogen-bond acceptors (Lipinski definition) is 2. The minimum atomic E-state index is -0.818.